The molecule has 1 heterocycles. The lowest BCUT2D eigenvalue weighted by atomic mass is 10.0. The molecule has 5 nitrogen and oxygen atoms in total. The summed E-state index contributed by atoms with van der Waals surface area (Å²) < 4.78 is 14.2. The second-order valence-corrected chi connectivity index (χ2v) is 5.66. The number of halogens is 1. The third kappa shape index (κ3) is 3.92. The molecular formula is C15H23FN4O. The number of nitrogens with two attached hydrogens (primary N) is 1. The minimum Gasteiger partial charge on any atom is -0.367 e. The maximum atomic E-state index is 14.2. The van der Waals surface area contributed by atoms with Crippen LogP contribution >= 0.6 is 0 Å². The van der Waals surface area contributed by atoms with Gasteiger partial charge in [0, 0.05) is 31.9 Å². The Morgan fingerprint density at radius 1 is 1.38 bits per heavy atom. The zero-order chi connectivity index (χ0) is 15.4. The molecule has 116 valence electrons. The van der Waals surface area contributed by atoms with Gasteiger partial charge in [-0.25, -0.2) is 4.39 Å². The van der Waals surface area contributed by atoms with Crippen LogP contribution in [-0.2, 0) is 4.79 Å². The van der Waals surface area contributed by atoms with Crippen LogP contribution in [0.3, 0.4) is 0 Å². The summed E-state index contributed by atoms with van der Waals surface area (Å²) in [7, 11) is 0. The number of piperazine rings is 1. The summed E-state index contributed by atoms with van der Waals surface area (Å²) >= 11 is 0. The molecule has 6 heteroatoms. The number of carbonyl (C=O) groups is 1. The molecule has 1 saturated heterocycles. The van der Waals surface area contributed by atoms with Gasteiger partial charge >= 0.3 is 0 Å². The maximum Gasteiger partial charge on any atom is 0.241 e. The first-order valence-corrected chi connectivity index (χ1v) is 7.30. The largest absolute Gasteiger partial charge is 0.367 e. The number of rotatable bonds is 4. The van der Waals surface area contributed by atoms with Crippen LogP contribution in [0.2, 0.25) is 0 Å². The van der Waals surface area contributed by atoms with E-state index in [1.165, 1.54) is 6.07 Å². The molecule has 1 unspecified atom stereocenters. The van der Waals surface area contributed by atoms with E-state index in [0.717, 1.165) is 26.2 Å². The Kier molecular flexibility index (Phi) is 5.14. The van der Waals surface area contributed by atoms with Gasteiger partial charge in [0.05, 0.1) is 11.7 Å². The van der Waals surface area contributed by atoms with Gasteiger partial charge < -0.3 is 21.3 Å². The minimum atomic E-state index is -0.596. The SMILES string of the molecule is CC(C)C(N)C(=O)Nc1ccc(N2CCNCC2)c(F)c1. The lowest BCUT2D eigenvalue weighted by Gasteiger charge is -2.29. The molecular weight excluding hydrogens is 271 g/mol. The average Bonchev–Trinajstić information content (AvgIpc) is 2.47. The summed E-state index contributed by atoms with van der Waals surface area (Å²) in [6, 6.07) is 4.17. The Morgan fingerprint density at radius 3 is 2.62 bits per heavy atom. The summed E-state index contributed by atoms with van der Waals surface area (Å²) in [5.74, 6) is -0.581. The summed E-state index contributed by atoms with van der Waals surface area (Å²) in [6.45, 7) is 7.00. The van der Waals surface area contributed by atoms with Crippen LogP contribution in [-0.4, -0.2) is 38.1 Å². The van der Waals surface area contributed by atoms with Crippen molar-refractivity contribution >= 4 is 17.3 Å². The Hall–Kier alpha value is -1.66. The van der Waals surface area contributed by atoms with Crippen molar-refractivity contribution in [2.24, 2.45) is 11.7 Å². The first kappa shape index (κ1) is 15.7. The Bertz CT molecular complexity index is 500. The van der Waals surface area contributed by atoms with Crippen LogP contribution in [0.1, 0.15) is 13.8 Å². The molecule has 2 rings (SSSR count). The third-order valence-corrected chi connectivity index (χ3v) is 3.69. The molecule has 0 aromatic heterocycles. The van der Waals surface area contributed by atoms with E-state index in [9.17, 15) is 9.18 Å². The Morgan fingerprint density at radius 2 is 2.05 bits per heavy atom. The zero-order valence-corrected chi connectivity index (χ0v) is 12.5. The van der Waals surface area contributed by atoms with E-state index in [4.69, 9.17) is 5.73 Å². The van der Waals surface area contributed by atoms with Crippen LogP contribution in [0.25, 0.3) is 0 Å². The molecule has 0 radical (unpaired) electrons. The van der Waals surface area contributed by atoms with Crippen molar-refractivity contribution in [2.75, 3.05) is 36.4 Å². The smallest absolute Gasteiger partial charge is 0.241 e. The monoisotopic (exact) mass is 294 g/mol. The topological polar surface area (TPSA) is 70.4 Å². The highest BCUT2D eigenvalue weighted by atomic mass is 19.1. The number of hydrogen-bond acceptors (Lipinski definition) is 4. The molecule has 0 spiro atoms. The predicted octanol–water partition coefficient (Wildman–Crippen LogP) is 1.16. The second kappa shape index (κ2) is 6.87. The lowest BCUT2D eigenvalue weighted by molar-refractivity contribution is -0.118. The van der Waals surface area contributed by atoms with Gasteiger partial charge in [0.25, 0.3) is 0 Å². The summed E-state index contributed by atoms with van der Waals surface area (Å²) in [4.78, 5) is 13.9. The highest BCUT2D eigenvalue weighted by Crippen LogP contribution is 2.23. The first-order valence-electron chi connectivity index (χ1n) is 7.30. The molecule has 1 aliphatic heterocycles. The molecule has 1 aliphatic rings. The van der Waals surface area contributed by atoms with Crippen LogP contribution in [0.5, 0.6) is 0 Å². The van der Waals surface area contributed by atoms with E-state index in [1.54, 1.807) is 12.1 Å². The highest BCUT2D eigenvalue weighted by Gasteiger charge is 2.19. The molecule has 4 N–H and O–H groups in total. The van der Waals surface area contributed by atoms with Crippen molar-refractivity contribution in [3.63, 3.8) is 0 Å². The number of nitrogens with zero attached hydrogens (tertiary/aromatic N) is 1. The summed E-state index contributed by atoms with van der Waals surface area (Å²) in [5, 5.41) is 5.89. The van der Waals surface area contributed by atoms with Crippen LogP contribution in [0.4, 0.5) is 15.8 Å². The number of amides is 1. The Labute approximate surface area is 124 Å². The van der Waals surface area contributed by atoms with Gasteiger partial charge in [-0.3, -0.25) is 4.79 Å². The van der Waals surface area contributed by atoms with Gasteiger partial charge in [-0.2, -0.15) is 0 Å². The van der Waals surface area contributed by atoms with Crippen LogP contribution < -0.4 is 21.3 Å². The lowest BCUT2D eigenvalue weighted by Crippen LogP contribution is -2.43. The zero-order valence-electron chi connectivity index (χ0n) is 12.5. The standard InChI is InChI=1S/C15H23FN4O/c1-10(2)14(17)15(21)19-11-3-4-13(12(16)9-11)20-7-5-18-6-8-20/h3-4,9-10,14,18H,5-8,17H2,1-2H3,(H,19,21). The van der Waals surface area contributed by atoms with E-state index >= 15 is 0 Å². The van der Waals surface area contributed by atoms with Crippen LogP contribution in [0.15, 0.2) is 18.2 Å². The normalized spacial score (nSPS) is 16.9. The van der Waals surface area contributed by atoms with E-state index < -0.39 is 6.04 Å². The maximum absolute atomic E-state index is 14.2. The summed E-state index contributed by atoms with van der Waals surface area (Å²) in [6.07, 6.45) is 0. The van der Waals surface area contributed by atoms with Gasteiger partial charge in [-0.15, -0.1) is 0 Å². The van der Waals surface area contributed by atoms with E-state index in [1.807, 2.05) is 18.7 Å². The van der Waals surface area contributed by atoms with E-state index in [2.05, 4.69) is 10.6 Å². The van der Waals surface area contributed by atoms with Crippen molar-refractivity contribution in [3.05, 3.63) is 24.0 Å². The fourth-order valence-corrected chi connectivity index (χ4v) is 2.28. The van der Waals surface area contributed by atoms with Gasteiger partial charge in [-0.05, 0) is 24.1 Å². The van der Waals surface area contributed by atoms with Gasteiger partial charge in [0.1, 0.15) is 5.82 Å². The minimum absolute atomic E-state index is 0.0370. The Balaban J connectivity index is 2.06. The fraction of sp³-hybridized carbons (Fsp3) is 0.533. The van der Waals surface area contributed by atoms with E-state index in [-0.39, 0.29) is 17.6 Å². The van der Waals surface area contributed by atoms with Crippen molar-refractivity contribution < 1.29 is 9.18 Å². The number of hydrogen-bond donors (Lipinski definition) is 3. The molecule has 0 saturated carbocycles. The number of nitrogens with one attached hydrogen (secondary N) is 2. The molecule has 1 amide bonds. The first-order chi connectivity index (χ1) is 9.99. The van der Waals surface area contributed by atoms with Crippen LogP contribution in [0, 0.1) is 11.7 Å². The fourth-order valence-electron chi connectivity index (χ4n) is 2.28. The quantitative estimate of drug-likeness (QED) is 0.779. The van der Waals surface area contributed by atoms with Gasteiger partial charge in [-0.1, -0.05) is 13.8 Å². The predicted molar refractivity (Wildman–Crippen MR) is 82.9 cm³/mol. The third-order valence-electron chi connectivity index (χ3n) is 3.69. The average molecular weight is 294 g/mol. The molecule has 1 fully saturated rings. The second-order valence-electron chi connectivity index (χ2n) is 5.66. The summed E-state index contributed by atoms with van der Waals surface area (Å²) in [5.41, 5.74) is 6.78. The van der Waals surface area contributed by atoms with Crippen molar-refractivity contribution in [1.29, 1.82) is 0 Å². The van der Waals surface area contributed by atoms with Gasteiger partial charge in [0.2, 0.25) is 5.91 Å². The van der Waals surface area contributed by atoms with Crippen molar-refractivity contribution in [1.82, 2.24) is 5.32 Å². The number of anilines is 2. The number of carbonyl (C=O) groups excluding carboxylic acids is 1. The van der Waals surface area contributed by atoms with Gasteiger partial charge in [0.15, 0.2) is 0 Å². The molecule has 21 heavy (non-hydrogen) atoms. The molecule has 0 bridgehead atoms. The highest BCUT2D eigenvalue weighted by molar-refractivity contribution is 5.95. The van der Waals surface area contributed by atoms with Crippen molar-refractivity contribution in [2.45, 2.75) is 19.9 Å². The van der Waals surface area contributed by atoms with E-state index in [0.29, 0.717) is 11.4 Å². The molecule has 1 aromatic carbocycles. The molecule has 1 atom stereocenters. The molecule has 0 aliphatic carbocycles. The molecule has 1 aromatic rings. The van der Waals surface area contributed by atoms with Crippen molar-refractivity contribution in [3.8, 4) is 0 Å². The number of benzene rings is 1.